The average molecular weight is 278 g/mol. The van der Waals surface area contributed by atoms with E-state index in [0.29, 0.717) is 5.69 Å². The quantitative estimate of drug-likeness (QED) is 0.800. The van der Waals surface area contributed by atoms with Gasteiger partial charge in [-0.05, 0) is 26.3 Å². The Morgan fingerprint density at radius 1 is 1.45 bits per heavy atom. The Bertz CT molecular complexity index is 620. The van der Waals surface area contributed by atoms with E-state index in [4.69, 9.17) is 9.47 Å². The van der Waals surface area contributed by atoms with Crippen LogP contribution in [-0.4, -0.2) is 39.3 Å². The summed E-state index contributed by atoms with van der Waals surface area (Å²) in [5.41, 5.74) is 1.29. The Labute approximate surface area is 116 Å². The number of aliphatic hydroxyl groups excluding tert-OH is 1. The zero-order valence-electron chi connectivity index (χ0n) is 11.7. The molecule has 1 aliphatic heterocycles. The molecule has 1 N–H and O–H groups in total. The Morgan fingerprint density at radius 3 is 2.85 bits per heavy atom. The summed E-state index contributed by atoms with van der Waals surface area (Å²) in [6.07, 6.45) is 2.73. The smallest absolute Gasteiger partial charge is 0.254 e. The van der Waals surface area contributed by atoms with Crippen molar-refractivity contribution in [3.05, 3.63) is 40.1 Å². The van der Waals surface area contributed by atoms with Crippen molar-refractivity contribution in [2.24, 2.45) is 0 Å². The third-order valence-corrected chi connectivity index (χ3v) is 3.69. The van der Waals surface area contributed by atoms with Gasteiger partial charge in [-0.3, -0.25) is 9.36 Å². The molecule has 20 heavy (non-hydrogen) atoms. The summed E-state index contributed by atoms with van der Waals surface area (Å²) >= 11 is 0. The summed E-state index contributed by atoms with van der Waals surface area (Å²) in [5, 5.41) is 9.45. The van der Waals surface area contributed by atoms with Crippen LogP contribution in [0.3, 0.4) is 0 Å². The molecule has 3 atom stereocenters. The second-order valence-corrected chi connectivity index (χ2v) is 5.69. The Morgan fingerprint density at radius 2 is 2.20 bits per heavy atom. The summed E-state index contributed by atoms with van der Waals surface area (Å²) in [4.78, 5) is 16.3. The highest BCUT2D eigenvalue weighted by Gasteiger charge is 2.50. The van der Waals surface area contributed by atoms with Gasteiger partial charge in [0.1, 0.15) is 12.2 Å². The number of aliphatic hydroxyl groups is 1. The lowest BCUT2D eigenvalue weighted by Crippen LogP contribution is -2.33. The number of nitrogens with zero attached hydrogens (tertiary/aromatic N) is 2. The molecule has 1 aromatic rings. The number of ether oxygens (including phenoxy) is 2. The van der Waals surface area contributed by atoms with E-state index in [9.17, 15) is 9.90 Å². The van der Waals surface area contributed by atoms with Gasteiger partial charge in [-0.15, -0.1) is 0 Å². The van der Waals surface area contributed by atoms with Crippen molar-refractivity contribution < 1.29 is 14.6 Å². The average Bonchev–Trinajstić information content (AvgIpc) is 2.83. The van der Waals surface area contributed by atoms with E-state index in [1.54, 1.807) is 6.92 Å². The lowest BCUT2D eigenvalue weighted by atomic mass is 10.1. The molecule has 108 valence electrons. The normalized spacial score (nSPS) is 31.2. The molecule has 6 nitrogen and oxygen atoms in total. The molecule has 1 aromatic heterocycles. The molecule has 0 aromatic carbocycles. The van der Waals surface area contributed by atoms with Crippen molar-refractivity contribution in [1.29, 1.82) is 0 Å². The van der Waals surface area contributed by atoms with E-state index in [0.717, 1.165) is 5.57 Å². The minimum atomic E-state index is -0.718. The number of fused-ring (bicyclic) bond motifs is 1. The van der Waals surface area contributed by atoms with Crippen LogP contribution >= 0.6 is 0 Å². The fourth-order valence-electron chi connectivity index (χ4n) is 2.84. The van der Waals surface area contributed by atoms with Crippen LogP contribution in [0.4, 0.5) is 0 Å². The molecule has 6 heteroatoms. The molecule has 2 heterocycles. The van der Waals surface area contributed by atoms with Gasteiger partial charge in [0.05, 0.1) is 19.0 Å². The lowest BCUT2D eigenvalue weighted by molar-refractivity contribution is -0.148. The highest BCUT2D eigenvalue weighted by atomic mass is 16.8. The Kier molecular flexibility index (Phi) is 3.04. The van der Waals surface area contributed by atoms with Crippen molar-refractivity contribution in [3.63, 3.8) is 0 Å². The molecule has 2 aliphatic rings. The fourth-order valence-corrected chi connectivity index (χ4v) is 2.84. The third-order valence-electron chi connectivity index (χ3n) is 3.69. The van der Waals surface area contributed by atoms with Crippen LogP contribution in [-0.2, 0) is 9.47 Å². The third kappa shape index (κ3) is 2.09. The number of hydrogen-bond donors (Lipinski definition) is 1. The highest BCUT2D eigenvalue weighted by molar-refractivity contribution is 5.26. The van der Waals surface area contributed by atoms with E-state index < -0.39 is 5.79 Å². The first-order chi connectivity index (χ1) is 9.41. The monoisotopic (exact) mass is 278 g/mol. The zero-order chi connectivity index (χ0) is 14.5. The predicted octanol–water partition coefficient (Wildman–Crippen LogP) is 0.545. The van der Waals surface area contributed by atoms with Gasteiger partial charge in [0.25, 0.3) is 5.56 Å². The second-order valence-electron chi connectivity index (χ2n) is 5.69. The van der Waals surface area contributed by atoms with Crippen LogP contribution in [0, 0.1) is 6.92 Å². The molecule has 0 saturated carbocycles. The fraction of sp³-hybridized carbons (Fsp3) is 0.571. The molecule has 1 saturated heterocycles. The van der Waals surface area contributed by atoms with Crippen LogP contribution in [0.25, 0.3) is 0 Å². The molecule has 3 rings (SSSR count). The van der Waals surface area contributed by atoms with Gasteiger partial charge >= 0.3 is 0 Å². The van der Waals surface area contributed by atoms with Crippen LogP contribution in [0.5, 0.6) is 0 Å². The van der Waals surface area contributed by atoms with E-state index in [1.807, 2.05) is 19.9 Å². The minimum absolute atomic E-state index is 0.106. The summed E-state index contributed by atoms with van der Waals surface area (Å²) in [6, 6.07) is 1.19. The van der Waals surface area contributed by atoms with Crippen molar-refractivity contribution >= 4 is 0 Å². The maximum absolute atomic E-state index is 12.1. The predicted molar refractivity (Wildman–Crippen MR) is 71.3 cm³/mol. The minimum Gasteiger partial charge on any atom is -0.392 e. The van der Waals surface area contributed by atoms with E-state index in [1.165, 1.54) is 17.0 Å². The van der Waals surface area contributed by atoms with E-state index in [-0.39, 0.29) is 30.4 Å². The molecule has 0 amide bonds. The number of aryl methyl sites for hydroxylation is 1. The number of hydrogen-bond acceptors (Lipinski definition) is 5. The SMILES string of the molecule is Cc1cc(=O)n([C@@H]2C=C(CO)[C@H]3OC(C)(C)O[C@H]32)cn1. The zero-order valence-corrected chi connectivity index (χ0v) is 11.7. The van der Waals surface area contributed by atoms with Gasteiger partial charge in [-0.25, -0.2) is 4.98 Å². The maximum Gasteiger partial charge on any atom is 0.254 e. The van der Waals surface area contributed by atoms with Gasteiger partial charge in [0, 0.05) is 11.8 Å². The summed E-state index contributed by atoms with van der Waals surface area (Å²) in [7, 11) is 0. The van der Waals surface area contributed by atoms with Gasteiger partial charge in [-0.1, -0.05) is 6.08 Å². The summed E-state index contributed by atoms with van der Waals surface area (Å²) < 4.78 is 13.2. The number of rotatable bonds is 2. The summed E-state index contributed by atoms with van der Waals surface area (Å²) in [6.45, 7) is 5.32. The number of aromatic nitrogens is 2. The van der Waals surface area contributed by atoms with Crippen LogP contribution < -0.4 is 5.56 Å². The molecular formula is C14H18N2O4. The van der Waals surface area contributed by atoms with Crippen LogP contribution in [0.15, 0.2) is 28.8 Å². The topological polar surface area (TPSA) is 73.6 Å². The van der Waals surface area contributed by atoms with Crippen molar-refractivity contribution in [2.45, 2.75) is 44.8 Å². The van der Waals surface area contributed by atoms with Crippen molar-refractivity contribution in [3.8, 4) is 0 Å². The Hall–Kier alpha value is -1.50. The van der Waals surface area contributed by atoms with E-state index in [2.05, 4.69) is 4.98 Å². The van der Waals surface area contributed by atoms with Gasteiger partial charge in [-0.2, -0.15) is 0 Å². The Balaban J connectivity index is 2.01. The first-order valence-corrected chi connectivity index (χ1v) is 6.63. The molecule has 1 aliphatic carbocycles. The largest absolute Gasteiger partial charge is 0.392 e. The standard InChI is InChI=1S/C14H18N2O4/c1-8-4-11(18)16(7-15-8)10-5-9(6-17)12-13(10)20-14(2,3)19-12/h4-5,7,10,12-13,17H,6H2,1-3H3/t10-,12-,13+/m1/s1. The van der Waals surface area contributed by atoms with Crippen LogP contribution in [0.2, 0.25) is 0 Å². The maximum atomic E-state index is 12.1. The molecule has 0 radical (unpaired) electrons. The molecule has 0 unspecified atom stereocenters. The van der Waals surface area contributed by atoms with E-state index >= 15 is 0 Å². The molecule has 0 spiro atoms. The first-order valence-electron chi connectivity index (χ1n) is 6.63. The molecule has 1 fully saturated rings. The summed E-state index contributed by atoms with van der Waals surface area (Å²) in [5.74, 6) is -0.718. The molecule has 0 bridgehead atoms. The second kappa shape index (κ2) is 4.51. The molecular weight excluding hydrogens is 260 g/mol. The van der Waals surface area contributed by atoms with Gasteiger partial charge in [0.15, 0.2) is 5.79 Å². The first kappa shape index (κ1) is 13.5. The van der Waals surface area contributed by atoms with Gasteiger partial charge < -0.3 is 14.6 Å². The highest BCUT2D eigenvalue weighted by Crippen LogP contribution is 2.42. The van der Waals surface area contributed by atoms with Crippen LogP contribution in [0.1, 0.15) is 25.6 Å². The lowest BCUT2D eigenvalue weighted by Gasteiger charge is -2.22. The van der Waals surface area contributed by atoms with Crippen molar-refractivity contribution in [1.82, 2.24) is 9.55 Å². The van der Waals surface area contributed by atoms with Crippen molar-refractivity contribution in [2.75, 3.05) is 6.61 Å². The van der Waals surface area contributed by atoms with Gasteiger partial charge in [0.2, 0.25) is 0 Å².